The molecule has 1 heterocycles. The molecule has 2 aromatic carbocycles. The Hall–Kier alpha value is -3.49. The molecule has 6 nitrogen and oxygen atoms in total. The molecule has 182 valence electrons. The SMILES string of the molecule is COc1cc(/C=C(\C#N)C(=O)Nc2sc3c(c2C#N)CCCC3)cc(Cl)c1OCc1ccc(Cl)cc1. The van der Waals surface area contributed by atoms with Crippen LogP contribution in [0.5, 0.6) is 11.5 Å². The lowest BCUT2D eigenvalue weighted by molar-refractivity contribution is -0.112. The normalized spacial score (nSPS) is 12.8. The van der Waals surface area contributed by atoms with Crippen molar-refractivity contribution < 1.29 is 14.3 Å². The molecule has 0 bridgehead atoms. The molecule has 4 rings (SSSR count). The smallest absolute Gasteiger partial charge is 0.266 e. The second-order valence-electron chi connectivity index (χ2n) is 8.10. The number of aryl methyl sites for hydroxylation is 1. The summed E-state index contributed by atoms with van der Waals surface area (Å²) in [6, 6.07) is 14.6. The van der Waals surface area contributed by atoms with Crippen molar-refractivity contribution in [3.8, 4) is 23.6 Å². The van der Waals surface area contributed by atoms with E-state index in [1.54, 1.807) is 24.3 Å². The molecule has 1 amide bonds. The predicted octanol–water partition coefficient (Wildman–Crippen LogP) is 6.94. The van der Waals surface area contributed by atoms with E-state index >= 15 is 0 Å². The van der Waals surface area contributed by atoms with E-state index in [0.717, 1.165) is 41.7 Å². The highest BCUT2D eigenvalue weighted by Gasteiger charge is 2.23. The first-order chi connectivity index (χ1) is 17.4. The maximum Gasteiger partial charge on any atom is 0.266 e. The number of rotatable bonds is 7. The van der Waals surface area contributed by atoms with Crippen LogP contribution in [0.25, 0.3) is 6.08 Å². The highest BCUT2D eigenvalue weighted by atomic mass is 35.5. The molecular weight excluding hydrogens is 517 g/mol. The number of fused-ring (bicyclic) bond motifs is 1. The number of benzene rings is 2. The van der Waals surface area contributed by atoms with E-state index in [4.69, 9.17) is 32.7 Å². The Labute approximate surface area is 223 Å². The first kappa shape index (κ1) is 25.6. The highest BCUT2D eigenvalue weighted by molar-refractivity contribution is 7.16. The Balaban J connectivity index is 1.55. The number of ether oxygens (including phenoxy) is 2. The van der Waals surface area contributed by atoms with Gasteiger partial charge in [-0.3, -0.25) is 4.79 Å². The van der Waals surface area contributed by atoms with Gasteiger partial charge in [-0.1, -0.05) is 35.3 Å². The molecule has 0 aliphatic heterocycles. The van der Waals surface area contributed by atoms with Crippen LogP contribution in [-0.4, -0.2) is 13.0 Å². The van der Waals surface area contributed by atoms with Crippen LogP contribution in [0.1, 0.15) is 40.0 Å². The molecule has 36 heavy (non-hydrogen) atoms. The van der Waals surface area contributed by atoms with Gasteiger partial charge in [-0.15, -0.1) is 11.3 Å². The largest absolute Gasteiger partial charge is 0.493 e. The molecule has 0 fully saturated rings. The van der Waals surface area contributed by atoms with E-state index in [1.165, 1.54) is 24.5 Å². The quantitative estimate of drug-likeness (QED) is 0.260. The zero-order chi connectivity index (χ0) is 25.7. The molecule has 1 N–H and O–H groups in total. The topological polar surface area (TPSA) is 95.1 Å². The van der Waals surface area contributed by atoms with Crippen molar-refractivity contribution in [2.75, 3.05) is 12.4 Å². The van der Waals surface area contributed by atoms with E-state index in [-0.39, 0.29) is 17.2 Å². The van der Waals surface area contributed by atoms with Crippen molar-refractivity contribution in [2.24, 2.45) is 0 Å². The number of thiophene rings is 1. The van der Waals surface area contributed by atoms with Crippen molar-refractivity contribution in [1.82, 2.24) is 0 Å². The number of carbonyl (C=O) groups excluding carboxylic acids is 1. The Morgan fingerprint density at radius 3 is 2.61 bits per heavy atom. The fraction of sp³-hybridized carbons (Fsp3) is 0.222. The summed E-state index contributed by atoms with van der Waals surface area (Å²) in [5.74, 6) is 0.112. The fourth-order valence-electron chi connectivity index (χ4n) is 3.96. The van der Waals surface area contributed by atoms with Crippen LogP contribution in [0.4, 0.5) is 5.00 Å². The molecule has 0 spiro atoms. The maximum atomic E-state index is 12.9. The zero-order valence-electron chi connectivity index (χ0n) is 19.4. The number of nitriles is 2. The Bertz CT molecular complexity index is 1420. The summed E-state index contributed by atoms with van der Waals surface area (Å²) in [7, 11) is 1.48. The number of halogens is 2. The predicted molar refractivity (Wildman–Crippen MR) is 142 cm³/mol. The fourth-order valence-corrected chi connectivity index (χ4v) is 5.59. The van der Waals surface area contributed by atoms with Gasteiger partial charge in [-0.05, 0) is 72.7 Å². The van der Waals surface area contributed by atoms with Crippen molar-refractivity contribution >= 4 is 51.5 Å². The van der Waals surface area contributed by atoms with Crippen LogP contribution in [0.15, 0.2) is 42.0 Å². The summed E-state index contributed by atoms with van der Waals surface area (Å²) in [6.07, 6.45) is 5.24. The minimum Gasteiger partial charge on any atom is -0.493 e. The Morgan fingerprint density at radius 2 is 1.92 bits per heavy atom. The number of anilines is 1. The van der Waals surface area contributed by atoms with Crippen LogP contribution < -0.4 is 14.8 Å². The lowest BCUT2D eigenvalue weighted by Crippen LogP contribution is -2.13. The van der Waals surface area contributed by atoms with Crippen molar-refractivity contribution in [3.05, 3.63) is 79.1 Å². The van der Waals surface area contributed by atoms with E-state index in [0.29, 0.717) is 32.6 Å². The van der Waals surface area contributed by atoms with Crippen molar-refractivity contribution in [2.45, 2.75) is 32.3 Å². The van der Waals surface area contributed by atoms with Crippen LogP contribution in [0.3, 0.4) is 0 Å². The van der Waals surface area contributed by atoms with Crippen LogP contribution in [-0.2, 0) is 24.2 Å². The molecule has 0 unspecified atom stereocenters. The molecule has 0 radical (unpaired) electrons. The zero-order valence-corrected chi connectivity index (χ0v) is 21.7. The van der Waals surface area contributed by atoms with Gasteiger partial charge >= 0.3 is 0 Å². The van der Waals surface area contributed by atoms with Gasteiger partial charge in [0.15, 0.2) is 11.5 Å². The second kappa shape index (κ2) is 11.5. The second-order valence-corrected chi connectivity index (χ2v) is 10.0. The van der Waals surface area contributed by atoms with Crippen LogP contribution in [0, 0.1) is 22.7 Å². The lowest BCUT2D eigenvalue weighted by Gasteiger charge is -2.13. The number of nitrogens with zero attached hydrogens (tertiary/aromatic N) is 2. The standard InChI is InChI=1S/C27H21Cl2N3O3S/c1-34-23-12-17(11-22(29)25(23)35-15-16-6-8-19(28)9-7-16)10-18(13-30)26(33)32-27-21(14-31)20-4-2-3-5-24(20)36-27/h6-12H,2-5,15H2,1H3,(H,32,33)/b18-10+. The average molecular weight is 538 g/mol. The van der Waals surface area contributed by atoms with Gasteiger partial charge in [-0.2, -0.15) is 10.5 Å². The molecule has 0 saturated heterocycles. The molecule has 0 saturated carbocycles. The number of methoxy groups -OCH3 is 1. The minimum atomic E-state index is -0.592. The number of hydrogen-bond donors (Lipinski definition) is 1. The van der Waals surface area contributed by atoms with E-state index in [1.807, 2.05) is 18.2 Å². The first-order valence-electron chi connectivity index (χ1n) is 11.2. The summed E-state index contributed by atoms with van der Waals surface area (Å²) in [5, 5.41) is 23.4. The number of carbonyl (C=O) groups is 1. The Morgan fingerprint density at radius 1 is 1.17 bits per heavy atom. The van der Waals surface area contributed by atoms with Gasteiger partial charge < -0.3 is 14.8 Å². The third kappa shape index (κ3) is 5.66. The van der Waals surface area contributed by atoms with E-state index in [2.05, 4.69) is 11.4 Å². The number of amides is 1. The van der Waals surface area contributed by atoms with Gasteiger partial charge in [0.25, 0.3) is 5.91 Å². The third-order valence-corrected chi connectivity index (χ3v) is 7.47. The van der Waals surface area contributed by atoms with Crippen LogP contribution in [0.2, 0.25) is 10.0 Å². The van der Waals surface area contributed by atoms with Gasteiger partial charge in [0, 0.05) is 9.90 Å². The molecule has 1 aromatic heterocycles. The van der Waals surface area contributed by atoms with E-state index in [9.17, 15) is 15.3 Å². The Kier molecular flexibility index (Phi) is 8.18. The first-order valence-corrected chi connectivity index (χ1v) is 12.7. The highest BCUT2D eigenvalue weighted by Crippen LogP contribution is 2.39. The van der Waals surface area contributed by atoms with Gasteiger partial charge in [-0.25, -0.2) is 0 Å². The van der Waals surface area contributed by atoms with E-state index < -0.39 is 5.91 Å². The van der Waals surface area contributed by atoms with Crippen molar-refractivity contribution in [3.63, 3.8) is 0 Å². The maximum absolute atomic E-state index is 12.9. The minimum absolute atomic E-state index is 0.127. The summed E-state index contributed by atoms with van der Waals surface area (Å²) >= 11 is 13.8. The average Bonchev–Trinajstić information content (AvgIpc) is 3.24. The molecular formula is C27H21Cl2N3O3S. The number of nitrogens with one attached hydrogen (secondary N) is 1. The van der Waals surface area contributed by atoms with Crippen LogP contribution >= 0.6 is 34.5 Å². The molecule has 1 aliphatic rings. The summed E-state index contributed by atoms with van der Waals surface area (Å²) < 4.78 is 11.3. The summed E-state index contributed by atoms with van der Waals surface area (Å²) in [4.78, 5) is 14.0. The third-order valence-electron chi connectivity index (χ3n) is 5.73. The molecule has 1 aliphatic carbocycles. The molecule has 0 atom stereocenters. The lowest BCUT2D eigenvalue weighted by atomic mass is 9.96. The summed E-state index contributed by atoms with van der Waals surface area (Å²) in [5.41, 5.74) is 2.77. The monoisotopic (exact) mass is 537 g/mol. The van der Waals surface area contributed by atoms with Crippen molar-refractivity contribution in [1.29, 1.82) is 10.5 Å². The van der Waals surface area contributed by atoms with Gasteiger partial charge in [0.05, 0.1) is 17.7 Å². The van der Waals surface area contributed by atoms with Gasteiger partial charge in [0.1, 0.15) is 29.3 Å². The molecule has 3 aromatic rings. The van der Waals surface area contributed by atoms with Gasteiger partial charge in [0.2, 0.25) is 0 Å². The summed E-state index contributed by atoms with van der Waals surface area (Å²) in [6.45, 7) is 0.250. The molecule has 9 heteroatoms. The number of hydrogen-bond acceptors (Lipinski definition) is 6.